The third kappa shape index (κ3) is 38.4. The molecule has 0 rings (SSSR count). The van der Waals surface area contributed by atoms with E-state index in [9.17, 15) is 0 Å². The monoisotopic (exact) mass is 522 g/mol. The first-order valence-corrected chi connectivity index (χ1v) is 3.20. The summed E-state index contributed by atoms with van der Waals surface area (Å²) in [6, 6.07) is 0. The molecule has 0 spiro atoms. The predicted octanol–water partition coefficient (Wildman–Crippen LogP) is -0.156. The van der Waals surface area contributed by atoms with Crippen LogP contribution >= 0.6 is 24.8 Å². The van der Waals surface area contributed by atoms with Crippen LogP contribution in [0.2, 0.25) is 0 Å². The molecule has 0 amide bonds. The Morgan fingerprint density at radius 1 is 0.667 bits per heavy atom. The maximum atomic E-state index is 8.36. The molecule has 0 aromatic rings. The molecule has 38 valence electrons. The van der Waals surface area contributed by atoms with Crippen LogP contribution in [0.4, 0.5) is 0 Å². The summed E-state index contributed by atoms with van der Waals surface area (Å²) in [6.07, 6.45) is 0. The summed E-state index contributed by atoms with van der Waals surface area (Å²) >= 11 is 0.389. The van der Waals surface area contributed by atoms with Gasteiger partial charge in [0.05, 0.1) is 0 Å². The van der Waals surface area contributed by atoms with Gasteiger partial charge in [-0.25, -0.2) is 0 Å². The van der Waals surface area contributed by atoms with Crippen LogP contribution in [0.5, 0.6) is 0 Å². The Morgan fingerprint density at radius 2 is 0.667 bits per heavy atom. The minimum absolute atomic E-state index is 0. The number of rotatable bonds is 0. The molecule has 0 atom stereocenters. The van der Waals surface area contributed by atoms with Gasteiger partial charge in [-0.15, -0.1) is 24.8 Å². The van der Waals surface area contributed by atoms with Crippen molar-refractivity contribution in [1.82, 2.24) is 0 Å². The summed E-state index contributed by atoms with van der Waals surface area (Å²) in [5.41, 5.74) is 0. The summed E-state index contributed by atoms with van der Waals surface area (Å²) in [5.74, 6) is 0. The maximum absolute atomic E-state index is 8.36. The fourth-order valence-corrected chi connectivity index (χ4v) is 0. The van der Waals surface area contributed by atoms with Crippen LogP contribution in [-0.4, -0.2) is 49.4 Å². The van der Waals surface area contributed by atoms with Crippen LogP contribution in [0.3, 0.4) is 0 Å². The molecule has 0 aliphatic rings. The molecule has 2 radical (unpaired) electrons. The van der Waals surface area contributed by atoms with Gasteiger partial charge in [0.25, 0.3) is 0 Å². The van der Waals surface area contributed by atoms with E-state index in [1.807, 2.05) is 0 Å². The molecular weight excluding hydrogens is 521 g/mol. The topological polar surface area (TPSA) is 34.1 Å². The Labute approximate surface area is 78.8 Å². The van der Waals surface area contributed by atoms with E-state index in [4.69, 9.17) is 5.63 Å². The van der Waals surface area contributed by atoms with E-state index in [0.29, 0.717) is 0 Å². The Bertz CT molecular complexity index is 11.5. The van der Waals surface area contributed by atoms with Crippen molar-refractivity contribution in [2.24, 2.45) is 0 Å². The van der Waals surface area contributed by atoms with Gasteiger partial charge in [0, 0.05) is 0 Å². The van der Waals surface area contributed by atoms with Crippen molar-refractivity contribution in [2.45, 2.75) is 0 Å². The molecule has 0 aromatic heterocycles. The molecule has 2 nitrogen and oxygen atoms in total. The second kappa shape index (κ2) is 64.8. The quantitative estimate of drug-likeness (QED) is 0.415. The van der Waals surface area contributed by atoms with Crippen molar-refractivity contribution < 1.29 is 5.63 Å². The van der Waals surface area contributed by atoms with E-state index in [0.717, 1.165) is 0 Å². The van der Waals surface area contributed by atoms with Gasteiger partial charge in [-0.3, -0.25) is 0 Å². The van der Waals surface area contributed by atoms with Gasteiger partial charge < -0.3 is 0 Å². The predicted molar refractivity (Wildman–Crippen MR) is 27.4 cm³/mol. The Balaban J connectivity index is -0.00000000500. The van der Waals surface area contributed by atoms with Crippen molar-refractivity contribution in [3.05, 3.63) is 0 Å². The molecule has 0 saturated carbocycles. The summed E-state index contributed by atoms with van der Waals surface area (Å²) < 4.78 is 16.7. The van der Waals surface area contributed by atoms with Crippen molar-refractivity contribution in [3.63, 3.8) is 0 Å². The molecule has 0 fully saturated rings. The average molecular weight is 523 g/mol. The van der Waals surface area contributed by atoms with Crippen LogP contribution < -0.4 is 0 Å². The number of hydrogen-bond donors (Lipinski definition) is 0. The second-order valence-corrected chi connectivity index (χ2v) is 0. The van der Waals surface area contributed by atoms with Crippen LogP contribution in [0, 0.1) is 0 Å². The molecule has 0 bridgehead atoms. The van der Waals surface area contributed by atoms with Gasteiger partial charge in [-0.2, -0.15) is 0 Å². The normalized spacial score (nSPS) is 1.33. The SMILES string of the molecule is Cl.Cl.[O]=[Bi].[O]=[Bi]. The van der Waals surface area contributed by atoms with Crippen molar-refractivity contribution in [3.8, 4) is 0 Å². The summed E-state index contributed by atoms with van der Waals surface area (Å²) in [5, 5.41) is 0. The standard InChI is InChI=1S/2Bi.2ClH.2O/h;;2*1H;;. The molecule has 0 unspecified atom stereocenters. The molecule has 6 heteroatoms. The zero-order valence-corrected chi connectivity index (χ0v) is 11.1. The fourth-order valence-electron chi connectivity index (χ4n) is 0. The van der Waals surface area contributed by atoms with Gasteiger partial charge in [-0.05, 0) is 0 Å². The van der Waals surface area contributed by atoms with Crippen LogP contribution in [0.1, 0.15) is 0 Å². The van der Waals surface area contributed by atoms with E-state index in [2.05, 4.69) is 0 Å². The first-order valence-electron chi connectivity index (χ1n) is 0.365. The Morgan fingerprint density at radius 3 is 0.667 bits per heavy atom. The zero-order valence-electron chi connectivity index (χ0n) is 2.53. The van der Waals surface area contributed by atoms with Gasteiger partial charge in [-0.1, -0.05) is 0 Å². The zero-order chi connectivity index (χ0) is 4.00. The third-order valence-corrected chi connectivity index (χ3v) is 0. The van der Waals surface area contributed by atoms with Gasteiger partial charge >= 0.3 is 55.1 Å². The van der Waals surface area contributed by atoms with Gasteiger partial charge in [0.15, 0.2) is 0 Å². The van der Waals surface area contributed by atoms with Crippen LogP contribution in [0.15, 0.2) is 0 Å². The average Bonchev–Trinajstić information content (AvgIpc) is 1.50. The van der Waals surface area contributed by atoms with E-state index in [1.54, 1.807) is 0 Å². The molecule has 0 N–H and O–H groups in total. The van der Waals surface area contributed by atoms with Crippen LogP contribution in [-0.2, 0) is 5.63 Å². The first kappa shape index (κ1) is 24.6. The molecule has 0 heterocycles. The molecule has 0 saturated heterocycles. The Kier molecular flexibility index (Phi) is 266. The molecular formula is H2Bi2Cl2O2. The molecule has 0 aliphatic carbocycles. The van der Waals surface area contributed by atoms with Gasteiger partial charge in [0.1, 0.15) is 0 Å². The van der Waals surface area contributed by atoms with Crippen LogP contribution in [0.25, 0.3) is 0 Å². The summed E-state index contributed by atoms with van der Waals surface area (Å²) in [6.45, 7) is 0. The minimum atomic E-state index is 0. The summed E-state index contributed by atoms with van der Waals surface area (Å²) in [7, 11) is 0. The number of hydrogen-bond acceptors (Lipinski definition) is 2. The second-order valence-electron chi connectivity index (χ2n) is 0. The molecule has 0 aliphatic heterocycles. The van der Waals surface area contributed by atoms with E-state index in [1.165, 1.54) is 0 Å². The van der Waals surface area contributed by atoms with Crippen molar-refractivity contribution >= 4 is 74.3 Å². The van der Waals surface area contributed by atoms with E-state index in [-0.39, 0.29) is 74.3 Å². The van der Waals surface area contributed by atoms with E-state index >= 15 is 0 Å². The third-order valence-electron chi connectivity index (χ3n) is 0. The van der Waals surface area contributed by atoms with Gasteiger partial charge in [0.2, 0.25) is 0 Å². The Hall–Kier alpha value is 1.95. The molecule has 0 aromatic carbocycles. The molecule has 6 heavy (non-hydrogen) atoms. The van der Waals surface area contributed by atoms with Crippen molar-refractivity contribution in [1.29, 1.82) is 0 Å². The van der Waals surface area contributed by atoms with Crippen molar-refractivity contribution in [2.75, 3.05) is 0 Å². The fraction of sp³-hybridized carbons (Fsp3) is 0. The summed E-state index contributed by atoms with van der Waals surface area (Å²) in [4.78, 5) is 0. The van der Waals surface area contributed by atoms with E-state index < -0.39 is 0 Å². The first-order chi connectivity index (χ1) is 2.00. The number of halogens is 2.